The lowest BCUT2D eigenvalue weighted by Gasteiger charge is -2.25. The standard InChI is InChI=1S/C28H29ClF4N8O4/c1-26(2,13-36-22(44)20(34)42)12-35-21(43)15-3-8-19(18(30)11-15)37-23-38-24(40-25(39-23)45-14-28(31,32)33)41-27(9-10-27)16-4-6-17(29)7-5-16/h3-8,11H,9-10,12-14H2,1-2H3,(H2,34,42)(H,35,43)(H,36,44)(H2,37,38,39,40,41). The van der Waals surface area contributed by atoms with Gasteiger partial charge in [-0.3, -0.25) is 14.4 Å². The van der Waals surface area contributed by atoms with Gasteiger partial charge in [0.2, 0.25) is 11.9 Å². The Bertz CT molecular complexity index is 1580. The summed E-state index contributed by atoms with van der Waals surface area (Å²) in [5.74, 6) is -4.04. The molecule has 1 heterocycles. The summed E-state index contributed by atoms with van der Waals surface area (Å²) in [4.78, 5) is 47.0. The highest BCUT2D eigenvalue weighted by Gasteiger charge is 2.45. The molecule has 1 aliphatic carbocycles. The SMILES string of the molecule is CC(C)(CNC(=O)C(N)=O)CNC(=O)c1ccc(Nc2nc(NC3(c4ccc(Cl)cc4)CC3)nc(OCC(F)(F)F)n2)c(F)c1. The summed E-state index contributed by atoms with van der Waals surface area (Å²) in [6, 6.07) is 9.85. The monoisotopic (exact) mass is 652 g/mol. The number of alkyl halides is 3. The van der Waals surface area contributed by atoms with E-state index in [0.29, 0.717) is 17.9 Å². The second kappa shape index (κ2) is 13.1. The van der Waals surface area contributed by atoms with E-state index < -0.39 is 53.3 Å². The summed E-state index contributed by atoms with van der Waals surface area (Å²) in [7, 11) is 0. The van der Waals surface area contributed by atoms with E-state index in [9.17, 15) is 27.6 Å². The molecule has 0 atom stereocenters. The lowest BCUT2D eigenvalue weighted by Crippen LogP contribution is -2.45. The third-order valence-corrected chi connectivity index (χ3v) is 6.89. The molecule has 0 bridgehead atoms. The fourth-order valence-electron chi connectivity index (χ4n) is 4.04. The molecule has 6 N–H and O–H groups in total. The van der Waals surface area contributed by atoms with Crippen molar-refractivity contribution < 1.29 is 36.7 Å². The smallest absolute Gasteiger partial charge is 0.422 e. The Balaban J connectivity index is 1.48. The second-order valence-electron chi connectivity index (χ2n) is 11.1. The number of hydrogen-bond acceptors (Lipinski definition) is 9. The number of carbonyl (C=O) groups is 3. The number of carbonyl (C=O) groups excluding carboxylic acids is 3. The summed E-state index contributed by atoms with van der Waals surface area (Å²) in [6.45, 7) is 1.86. The third-order valence-electron chi connectivity index (χ3n) is 6.63. The number of amides is 3. The molecular formula is C28H29ClF4N8O4. The fraction of sp³-hybridized carbons (Fsp3) is 0.357. The molecule has 0 unspecified atom stereocenters. The summed E-state index contributed by atoms with van der Waals surface area (Å²) in [5, 5.41) is 11.2. The highest BCUT2D eigenvalue weighted by molar-refractivity contribution is 6.34. The molecule has 3 amide bonds. The summed E-state index contributed by atoms with van der Waals surface area (Å²) >= 11 is 5.99. The Morgan fingerprint density at radius 1 is 0.978 bits per heavy atom. The molecular weight excluding hydrogens is 624 g/mol. The number of nitrogens with two attached hydrogens (primary N) is 1. The van der Waals surface area contributed by atoms with E-state index >= 15 is 4.39 Å². The van der Waals surface area contributed by atoms with Gasteiger partial charge in [0.05, 0.1) is 11.2 Å². The first-order valence-corrected chi connectivity index (χ1v) is 13.8. The molecule has 1 saturated carbocycles. The predicted octanol–water partition coefficient (Wildman–Crippen LogP) is 3.81. The van der Waals surface area contributed by atoms with Crippen LogP contribution in [0.1, 0.15) is 42.6 Å². The first-order valence-electron chi connectivity index (χ1n) is 13.5. The van der Waals surface area contributed by atoms with E-state index in [4.69, 9.17) is 22.1 Å². The third kappa shape index (κ3) is 9.38. The maximum Gasteiger partial charge on any atom is 0.422 e. The zero-order valence-electron chi connectivity index (χ0n) is 24.0. The van der Waals surface area contributed by atoms with Crippen LogP contribution in [0.5, 0.6) is 6.01 Å². The van der Waals surface area contributed by atoms with Crippen molar-refractivity contribution in [3.63, 3.8) is 0 Å². The molecule has 1 aromatic heterocycles. The summed E-state index contributed by atoms with van der Waals surface area (Å²) in [5.41, 5.74) is 4.28. The maximum atomic E-state index is 15.1. The molecule has 17 heteroatoms. The molecule has 1 fully saturated rings. The first-order chi connectivity index (χ1) is 21.0. The maximum absolute atomic E-state index is 15.1. The number of rotatable bonds is 12. The van der Waals surface area contributed by atoms with Gasteiger partial charge in [0.15, 0.2) is 6.61 Å². The van der Waals surface area contributed by atoms with Crippen LogP contribution in [-0.2, 0) is 15.1 Å². The van der Waals surface area contributed by atoms with E-state index in [1.165, 1.54) is 12.1 Å². The Morgan fingerprint density at radius 3 is 2.22 bits per heavy atom. The van der Waals surface area contributed by atoms with Gasteiger partial charge in [-0.1, -0.05) is 37.6 Å². The number of hydrogen-bond donors (Lipinski definition) is 5. The largest absolute Gasteiger partial charge is 0.454 e. The molecule has 0 aliphatic heterocycles. The van der Waals surface area contributed by atoms with Gasteiger partial charge < -0.3 is 31.7 Å². The van der Waals surface area contributed by atoms with Crippen LogP contribution in [0.25, 0.3) is 0 Å². The Kier molecular flexibility index (Phi) is 9.65. The highest BCUT2D eigenvalue weighted by atomic mass is 35.5. The van der Waals surface area contributed by atoms with Crippen LogP contribution < -0.4 is 31.7 Å². The van der Waals surface area contributed by atoms with Crippen LogP contribution in [0.15, 0.2) is 42.5 Å². The molecule has 12 nitrogen and oxygen atoms in total. The predicted molar refractivity (Wildman–Crippen MR) is 155 cm³/mol. The highest BCUT2D eigenvalue weighted by Crippen LogP contribution is 2.48. The van der Waals surface area contributed by atoms with Crippen LogP contribution in [0, 0.1) is 11.2 Å². The van der Waals surface area contributed by atoms with E-state index in [-0.39, 0.29) is 36.2 Å². The minimum Gasteiger partial charge on any atom is -0.454 e. The molecule has 0 spiro atoms. The van der Waals surface area contributed by atoms with Crippen molar-refractivity contribution in [2.24, 2.45) is 11.1 Å². The van der Waals surface area contributed by atoms with Crippen molar-refractivity contribution in [3.05, 3.63) is 64.4 Å². The first kappa shape index (κ1) is 33.2. The fourth-order valence-corrected chi connectivity index (χ4v) is 4.17. The van der Waals surface area contributed by atoms with Gasteiger partial charge in [0.25, 0.3) is 5.91 Å². The van der Waals surface area contributed by atoms with Crippen LogP contribution >= 0.6 is 11.6 Å². The van der Waals surface area contributed by atoms with Crippen molar-refractivity contribution >= 4 is 46.9 Å². The number of nitrogens with zero attached hydrogens (tertiary/aromatic N) is 3. The lowest BCUT2D eigenvalue weighted by atomic mass is 9.93. The van der Waals surface area contributed by atoms with E-state index in [2.05, 4.69) is 36.2 Å². The Labute approximate surface area is 259 Å². The Hall–Kier alpha value is -4.73. The molecule has 0 radical (unpaired) electrons. The second-order valence-corrected chi connectivity index (χ2v) is 11.5. The minimum atomic E-state index is -4.66. The molecule has 3 aromatic rings. The number of primary amides is 1. The summed E-state index contributed by atoms with van der Waals surface area (Å²) in [6.07, 6.45) is -3.30. The molecule has 1 aliphatic rings. The van der Waals surface area contributed by atoms with Crippen LogP contribution in [0.3, 0.4) is 0 Å². The normalized spacial score (nSPS) is 13.8. The van der Waals surface area contributed by atoms with Gasteiger partial charge in [-0.25, -0.2) is 4.39 Å². The topological polar surface area (TPSA) is 173 Å². The van der Waals surface area contributed by atoms with Crippen molar-refractivity contribution in [2.75, 3.05) is 30.3 Å². The summed E-state index contributed by atoms with van der Waals surface area (Å²) < 4.78 is 58.4. The van der Waals surface area contributed by atoms with Crippen LogP contribution in [0.2, 0.25) is 5.02 Å². The van der Waals surface area contributed by atoms with E-state index in [0.717, 1.165) is 11.6 Å². The number of aromatic nitrogens is 3. The number of ether oxygens (including phenoxy) is 1. The van der Waals surface area contributed by atoms with Crippen molar-refractivity contribution in [3.8, 4) is 6.01 Å². The van der Waals surface area contributed by atoms with Gasteiger partial charge in [0, 0.05) is 23.7 Å². The zero-order valence-corrected chi connectivity index (χ0v) is 24.8. The van der Waals surface area contributed by atoms with Gasteiger partial charge in [-0.05, 0) is 54.2 Å². The van der Waals surface area contributed by atoms with Gasteiger partial charge in [0.1, 0.15) is 5.82 Å². The zero-order chi connectivity index (χ0) is 33.0. The van der Waals surface area contributed by atoms with E-state index in [1.54, 1.807) is 38.1 Å². The number of benzene rings is 2. The Morgan fingerprint density at radius 2 is 1.62 bits per heavy atom. The van der Waals surface area contributed by atoms with Gasteiger partial charge >= 0.3 is 24.0 Å². The molecule has 4 rings (SSSR count). The molecule has 45 heavy (non-hydrogen) atoms. The molecule has 0 saturated heterocycles. The van der Waals surface area contributed by atoms with Crippen LogP contribution in [0.4, 0.5) is 35.1 Å². The number of anilines is 3. The minimum absolute atomic E-state index is 0.0323. The van der Waals surface area contributed by atoms with Crippen molar-refractivity contribution in [1.82, 2.24) is 25.6 Å². The van der Waals surface area contributed by atoms with Gasteiger partial charge in [-0.15, -0.1) is 0 Å². The molecule has 240 valence electrons. The number of halogens is 5. The average molecular weight is 653 g/mol. The number of nitrogens with one attached hydrogen (secondary N) is 4. The van der Waals surface area contributed by atoms with Crippen LogP contribution in [-0.4, -0.2) is 58.5 Å². The van der Waals surface area contributed by atoms with Crippen molar-refractivity contribution in [1.29, 1.82) is 0 Å². The van der Waals surface area contributed by atoms with Gasteiger partial charge in [-0.2, -0.15) is 28.1 Å². The van der Waals surface area contributed by atoms with Crippen molar-refractivity contribution in [2.45, 2.75) is 38.4 Å². The lowest BCUT2D eigenvalue weighted by molar-refractivity contribution is -0.154. The average Bonchev–Trinajstić information content (AvgIpc) is 3.74. The molecule has 2 aromatic carbocycles. The quantitative estimate of drug-likeness (QED) is 0.144. The van der Waals surface area contributed by atoms with E-state index in [1.807, 2.05) is 0 Å².